The Morgan fingerprint density at radius 1 is 1.05 bits per heavy atom. The molecule has 0 aliphatic heterocycles. The zero-order chi connectivity index (χ0) is 13.2. The summed E-state index contributed by atoms with van der Waals surface area (Å²) in [5.74, 6) is 0.637. The molecule has 2 nitrogen and oxygen atoms in total. The van der Waals surface area contributed by atoms with Crippen molar-refractivity contribution in [1.82, 2.24) is 4.98 Å². The lowest BCUT2D eigenvalue weighted by atomic mass is 10.1. The van der Waals surface area contributed by atoms with Crippen LogP contribution in [0.15, 0.2) is 48.5 Å². The van der Waals surface area contributed by atoms with E-state index in [1.54, 1.807) is 6.07 Å². The highest BCUT2D eigenvalue weighted by Crippen LogP contribution is 2.26. The first-order valence-corrected chi connectivity index (χ1v) is 6.28. The van der Waals surface area contributed by atoms with Gasteiger partial charge in [0.1, 0.15) is 11.6 Å². The molecule has 1 aromatic heterocycles. The molecule has 0 amide bonds. The minimum Gasteiger partial charge on any atom is -0.494 e. The van der Waals surface area contributed by atoms with Gasteiger partial charge in [-0.15, -0.1) is 0 Å². The fraction of sp³-hybridized carbons (Fsp3) is 0.125. The van der Waals surface area contributed by atoms with Crippen molar-refractivity contribution in [1.29, 1.82) is 0 Å². The lowest BCUT2D eigenvalue weighted by Gasteiger charge is -2.03. The molecule has 96 valence electrons. The zero-order valence-electron chi connectivity index (χ0n) is 10.6. The van der Waals surface area contributed by atoms with Gasteiger partial charge in [0.15, 0.2) is 0 Å². The molecule has 0 aliphatic rings. The number of aromatic nitrogens is 1. The van der Waals surface area contributed by atoms with Crippen LogP contribution in [0, 0.1) is 5.82 Å². The van der Waals surface area contributed by atoms with Crippen LogP contribution in [-0.4, -0.2) is 11.6 Å². The summed E-state index contributed by atoms with van der Waals surface area (Å²) in [5.41, 5.74) is 2.97. The Morgan fingerprint density at radius 3 is 2.58 bits per heavy atom. The molecule has 2 aromatic carbocycles. The number of rotatable bonds is 3. The van der Waals surface area contributed by atoms with Crippen LogP contribution in [0.4, 0.5) is 4.39 Å². The van der Waals surface area contributed by atoms with Gasteiger partial charge >= 0.3 is 0 Å². The maximum absolute atomic E-state index is 13.2. The summed E-state index contributed by atoms with van der Waals surface area (Å²) in [6.45, 7) is 2.62. The molecule has 0 radical (unpaired) electrons. The van der Waals surface area contributed by atoms with Gasteiger partial charge in [-0.05, 0) is 61.0 Å². The fourth-order valence-corrected chi connectivity index (χ4v) is 2.16. The number of H-pyrrole nitrogens is 1. The number of aromatic amines is 1. The van der Waals surface area contributed by atoms with E-state index in [4.69, 9.17) is 4.74 Å². The van der Waals surface area contributed by atoms with E-state index in [0.29, 0.717) is 6.61 Å². The number of fused-ring (bicyclic) bond motifs is 1. The van der Waals surface area contributed by atoms with Crippen LogP contribution in [0.5, 0.6) is 5.75 Å². The predicted octanol–water partition coefficient (Wildman–Crippen LogP) is 4.37. The van der Waals surface area contributed by atoms with Gasteiger partial charge in [-0.3, -0.25) is 0 Å². The monoisotopic (exact) mass is 255 g/mol. The second-order valence-corrected chi connectivity index (χ2v) is 4.37. The van der Waals surface area contributed by atoms with Gasteiger partial charge in [-0.2, -0.15) is 0 Å². The normalized spacial score (nSPS) is 10.8. The van der Waals surface area contributed by atoms with E-state index < -0.39 is 0 Å². The van der Waals surface area contributed by atoms with Gasteiger partial charge < -0.3 is 9.72 Å². The first-order valence-electron chi connectivity index (χ1n) is 6.28. The molecule has 3 rings (SSSR count). The Bertz CT molecular complexity index is 700. The van der Waals surface area contributed by atoms with Crippen LogP contribution in [0.3, 0.4) is 0 Å². The molecule has 1 N–H and O–H groups in total. The number of nitrogens with one attached hydrogen (secondary N) is 1. The minimum atomic E-state index is -0.218. The van der Waals surface area contributed by atoms with Gasteiger partial charge in [0, 0.05) is 16.6 Å². The maximum Gasteiger partial charge on any atom is 0.123 e. The van der Waals surface area contributed by atoms with E-state index in [0.717, 1.165) is 27.9 Å². The molecule has 3 heteroatoms. The smallest absolute Gasteiger partial charge is 0.123 e. The average Bonchev–Trinajstić information content (AvgIpc) is 2.83. The second kappa shape index (κ2) is 4.76. The molecule has 0 unspecified atom stereocenters. The third-order valence-corrected chi connectivity index (χ3v) is 3.06. The molecule has 0 aliphatic carbocycles. The molecular formula is C16H14FNO. The van der Waals surface area contributed by atoms with Crippen molar-refractivity contribution in [2.24, 2.45) is 0 Å². The van der Waals surface area contributed by atoms with Crippen molar-refractivity contribution in [2.75, 3.05) is 6.61 Å². The van der Waals surface area contributed by atoms with Crippen LogP contribution in [0.2, 0.25) is 0 Å². The maximum atomic E-state index is 13.2. The molecule has 0 spiro atoms. The molecule has 0 fully saturated rings. The largest absolute Gasteiger partial charge is 0.494 e. The van der Waals surface area contributed by atoms with E-state index in [1.807, 2.05) is 37.3 Å². The first-order chi connectivity index (χ1) is 9.26. The number of ether oxygens (including phenoxy) is 1. The molecule has 0 bridgehead atoms. The summed E-state index contributed by atoms with van der Waals surface area (Å²) in [6, 6.07) is 14.6. The van der Waals surface area contributed by atoms with Crippen molar-refractivity contribution in [2.45, 2.75) is 6.92 Å². The highest BCUT2D eigenvalue weighted by Gasteiger charge is 2.04. The van der Waals surface area contributed by atoms with E-state index in [9.17, 15) is 4.39 Å². The number of hydrogen-bond acceptors (Lipinski definition) is 1. The molecule has 1 heterocycles. The third kappa shape index (κ3) is 2.32. The van der Waals surface area contributed by atoms with Crippen LogP contribution in [0.1, 0.15) is 6.92 Å². The lowest BCUT2D eigenvalue weighted by molar-refractivity contribution is 0.340. The summed E-state index contributed by atoms with van der Waals surface area (Å²) >= 11 is 0. The van der Waals surface area contributed by atoms with Crippen molar-refractivity contribution >= 4 is 10.9 Å². The highest BCUT2D eigenvalue weighted by molar-refractivity contribution is 5.85. The summed E-state index contributed by atoms with van der Waals surface area (Å²) in [6.07, 6.45) is 0. The number of halogens is 1. The van der Waals surface area contributed by atoms with E-state index in [2.05, 4.69) is 4.98 Å². The Labute approximate surface area is 110 Å². The van der Waals surface area contributed by atoms with Gasteiger partial charge in [0.05, 0.1) is 6.61 Å². The predicted molar refractivity (Wildman–Crippen MR) is 74.9 cm³/mol. The molecule has 0 saturated heterocycles. The van der Waals surface area contributed by atoms with Crippen molar-refractivity contribution in [3.63, 3.8) is 0 Å². The molecule has 0 atom stereocenters. The summed E-state index contributed by atoms with van der Waals surface area (Å²) in [4.78, 5) is 3.28. The van der Waals surface area contributed by atoms with E-state index >= 15 is 0 Å². The Hall–Kier alpha value is -2.29. The van der Waals surface area contributed by atoms with Crippen molar-refractivity contribution in [3.05, 3.63) is 54.3 Å². The Balaban J connectivity index is 1.99. The second-order valence-electron chi connectivity index (χ2n) is 4.37. The van der Waals surface area contributed by atoms with Crippen LogP contribution < -0.4 is 4.74 Å². The van der Waals surface area contributed by atoms with Crippen LogP contribution >= 0.6 is 0 Å². The van der Waals surface area contributed by atoms with Crippen LogP contribution in [-0.2, 0) is 0 Å². The molecular weight excluding hydrogens is 241 g/mol. The first kappa shape index (κ1) is 11.8. The Morgan fingerprint density at radius 2 is 1.84 bits per heavy atom. The molecule has 19 heavy (non-hydrogen) atoms. The van der Waals surface area contributed by atoms with Gasteiger partial charge in [-0.1, -0.05) is 0 Å². The van der Waals surface area contributed by atoms with E-state index in [1.165, 1.54) is 12.1 Å². The molecule has 3 aromatic rings. The summed E-state index contributed by atoms with van der Waals surface area (Å²) < 4.78 is 18.6. The Kier molecular flexibility index (Phi) is 2.95. The van der Waals surface area contributed by atoms with Gasteiger partial charge in [-0.25, -0.2) is 4.39 Å². The average molecular weight is 255 g/mol. The standard InChI is InChI=1S/C16H14FNO/c1-2-19-14-6-3-11(4-7-14)16-10-12-9-13(17)5-8-15(12)18-16/h3-10,18H,2H2,1H3. The summed E-state index contributed by atoms with van der Waals surface area (Å²) in [5, 5.41) is 0.879. The SMILES string of the molecule is CCOc1ccc(-c2cc3cc(F)ccc3[nH]2)cc1. The third-order valence-electron chi connectivity index (χ3n) is 3.06. The zero-order valence-corrected chi connectivity index (χ0v) is 10.6. The lowest BCUT2D eigenvalue weighted by Crippen LogP contribution is -1.90. The van der Waals surface area contributed by atoms with Gasteiger partial charge in [0.2, 0.25) is 0 Å². The number of benzene rings is 2. The van der Waals surface area contributed by atoms with Crippen molar-refractivity contribution in [3.8, 4) is 17.0 Å². The fourth-order valence-electron chi connectivity index (χ4n) is 2.16. The topological polar surface area (TPSA) is 25.0 Å². The highest BCUT2D eigenvalue weighted by atomic mass is 19.1. The minimum absolute atomic E-state index is 0.218. The quantitative estimate of drug-likeness (QED) is 0.738. The molecule has 0 saturated carbocycles. The number of hydrogen-bond donors (Lipinski definition) is 1. The van der Waals surface area contributed by atoms with Crippen molar-refractivity contribution < 1.29 is 9.13 Å². The summed E-state index contributed by atoms with van der Waals surface area (Å²) in [7, 11) is 0. The van der Waals surface area contributed by atoms with Crippen LogP contribution in [0.25, 0.3) is 22.2 Å². The van der Waals surface area contributed by atoms with E-state index in [-0.39, 0.29) is 5.82 Å². The van der Waals surface area contributed by atoms with Gasteiger partial charge in [0.25, 0.3) is 0 Å².